The summed E-state index contributed by atoms with van der Waals surface area (Å²) in [4.78, 5) is 31.1. The van der Waals surface area contributed by atoms with Crippen LogP contribution >= 0.6 is 0 Å². The molecule has 2 aliphatic rings. The number of para-hydroxylation sites is 1. The molecular weight excluding hydrogens is 468 g/mol. The van der Waals surface area contributed by atoms with Gasteiger partial charge in [0.25, 0.3) is 5.91 Å². The highest BCUT2D eigenvalue weighted by Gasteiger charge is 2.46. The Hall–Kier alpha value is -2.87. The van der Waals surface area contributed by atoms with Crippen molar-refractivity contribution in [1.82, 2.24) is 19.6 Å². The molecule has 2 amide bonds. The molecule has 1 spiro atoms. The summed E-state index contributed by atoms with van der Waals surface area (Å²) in [6.07, 6.45) is 8.10. The summed E-state index contributed by atoms with van der Waals surface area (Å²) in [5, 5.41) is 4.29. The summed E-state index contributed by atoms with van der Waals surface area (Å²) in [5.74, 6) is 0.983. The number of hydrogen-bond donors (Lipinski definition) is 0. The van der Waals surface area contributed by atoms with Gasteiger partial charge in [0.05, 0.1) is 25.9 Å². The number of rotatable bonds is 6. The van der Waals surface area contributed by atoms with Gasteiger partial charge < -0.3 is 19.3 Å². The number of carbonyl (C=O) groups excluding carboxylic acids is 2. The molecule has 1 unspecified atom stereocenters. The summed E-state index contributed by atoms with van der Waals surface area (Å²) in [7, 11) is 1.91. The maximum absolute atomic E-state index is 14.1. The van der Waals surface area contributed by atoms with Crippen LogP contribution in [0.3, 0.4) is 0 Å². The lowest BCUT2D eigenvalue weighted by Gasteiger charge is -2.44. The first-order valence-electron chi connectivity index (χ1n) is 13.8. The van der Waals surface area contributed by atoms with Crippen molar-refractivity contribution in [1.29, 1.82) is 0 Å². The van der Waals surface area contributed by atoms with Crippen LogP contribution in [0.1, 0.15) is 62.3 Å². The summed E-state index contributed by atoms with van der Waals surface area (Å²) in [5.41, 5.74) is 2.38. The molecule has 0 bridgehead atoms. The number of fused-ring (bicyclic) bond motifs is 1. The Bertz CT molecular complexity index is 1070. The molecule has 2 aromatic rings. The van der Waals surface area contributed by atoms with E-state index >= 15 is 0 Å². The molecular formula is C29H42N4O4. The monoisotopic (exact) mass is 510 g/mol. The number of aromatic nitrogens is 2. The molecule has 3 heterocycles. The lowest BCUT2D eigenvalue weighted by Crippen LogP contribution is -2.62. The number of morpholine rings is 1. The molecule has 1 aromatic carbocycles. The Morgan fingerprint density at radius 1 is 1.16 bits per heavy atom. The largest absolute Gasteiger partial charge is 0.491 e. The van der Waals surface area contributed by atoms with E-state index in [1.165, 1.54) is 5.56 Å². The van der Waals surface area contributed by atoms with Gasteiger partial charge in [0.2, 0.25) is 5.91 Å². The van der Waals surface area contributed by atoms with Crippen LogP contribution < -0.4 is 4.74 Å². The van der Waals surface area contributed by atoms with E-state index in [0.29, 0.717) is 58.7 Å². The number of carbonyl (C=O) groups is 2. The fraction of sp³-hybridized carbons (Fsp3) is 0.621. The molecule has 0 aliphatic carbocycles. The minimum Gasteiger partial charge on any atom is -0.491 e. The zero-order valence-corrected chi connectivity index (χ0v) is 22.7. The summed E-state index contributed by atoms with van der Waals surface area (Å²) < 4.78 is 14.3. The summed E-state index contributed by atoms with van der Waals surface area (Å²) in [6.45, 7) is 6.98. The van der Waals surface area contributed by atoms with Crippen LogP contribution in [0, 0.1) is 6.92 Å². The van der Waals surface area contributed by atoms with Gasteiger partial charge in [0.15, 0.2) is 5.60 Å². The van der Waals surface area contributed by atoms with E-state index < -0.39 is 5.60 Å². The molecule has 1 fully saturated rings. The van der Waals surface area contributed by atoms with E-state index in [1.54, 1.807) is 0 Å². The Labute approximate surface area is 220 Å². The van der Waals surface area contributed by atoms with Crippen LogP contribution in [0.25, 0.3) is 0 Å². The van der Waals surface area contributed by atoms with Crippen molar-refractivity contribution in [2.24, 2.45) is 7.05 Å². The molecule has 202 valence electrons. The molecule has 0 N–H and O–H groups in total. The normalized spacial score (nSPS) is 21.2. The second-order valence-corrected chi connectivity index (χ2v) is 10.3. The second kappa shape index (κ2) is 12.6. The third kappa shape index (κ3) is 6.53. The van der Waals surface area contributed by atoms with Gasteiger partial charge in [-0.25, -0.2) is 0 Å². The third-order valence-electron chi connectivity index (χ3n) is 7.81. The second-order valence-electron chi connectivity index (χ2n) is 10.3. The summed E-state index contributed by atoms with van der Waals surface area (Å²) >= 11 is 0. The Balaban J connectivity index is 1.50. The van der Waals surface area contributed by atoms with E-state index in [9.17, 15) is 9.59 Å². The lowest BCUT2D eigenvalue weighted by molar-refractivity contribution is -0.176. The molecule has 2 aliphatic heterocycles. The van der Waals surface area contributed by atoms with Gasteiger partial charge in [-0.1, -0.05) is 31.5 Å². The van der Waals surface area contributed by atoms with Gasteiger partial charge in [-0.3, -0.25) is 14.3 Å². The quantitative estimate of drug-likeness (QED) is 0.592. The average molecular weight is 511 g/mol. The van der Waals surface area contributed by atoms with Crippen LogP contribution in [0.5, 0.6) is 5.75 Å². The minimum absolute atomic E-state index is 0.000914. The highest BCUT2D eigenvalue weighted by molar-refractivity contribution is 5.87. The molecule has 4 rings (SSSR count). The zero-order valence-electron chi connectivity index (χ0n) is 22.7. The number of unbranched alkanes of at least 4 members (excludes halogenated alkanes) is 1. The molecule has 1 saturated heterocycles. The van der Waals surface area contributed by atoms with Crippen LogP contribution in [0.15, 0.2) is 30.5 Å². The smallest absolute Gasteiger partial charge is 0.256 e. The van der Waals surface area contributed by atoms with Crippen molar-refractivity contribution in [2.75, 3.05) is 39.4 Å². The van der Waals surface area contributed by atoms with Crippen LogP contribution in [0.4, 0.5) is 0 Å². The van der Waals surface area contributed by atoms with E-state index in [4.69, 9.17) is 9.47 Å². The topological polar surface area (TPSA) is 76.9 Å². The maximum Gasteiger partial charge on any atom is 0.256 e. The fourth-order valence-corrected chi connectivity index (χ4v) is 5.37. The first kappa shape index (κ1) is 27.2. The van der Waals surface area contributed by atoms with E-state index in [1.807, 2.05) is 52.8 Å². The van der Waals surface area contributed by atoms with Crippen molar-refractivity contribution in [3.63, 3.8) is 0 Å². The van der Waals surface area contributed by atoms with Crippen molar-refractivity contribution in [2.45, 2.75) is 70.8 Å². The van der Waals surface area contributed by atoms with Crippen LogP contribution in [-0.4, -0.2) is 76.4 Å². The highest BCUT2D eigenvalue weighted by Crippen LogP contribution is 2.30. The predicted octanol–water partition coefficient (Wildman–Crippen LogP) is 3.69. The van der Waals surface area contributed by atoms with Gasteiger partial charge in [-0.05, 0) is 62.6 Å². The van der Waals surface area contributed by atoms with E-state index in [-0.39, 0.29) is 11.8 Å². The summed E-state index contributed by atoms with van der Waals surface area (Å²) in [6, 6.07) is 8.18. The average Bonchev–Trinajstić information content (AvgIpc) is 3.23. The van der Waals surface area contributed by atoms with E-state index in [0.717, 1.165) is 49.1 Å². The SMILES string of the molecule is CCCCN1CCOc2ccccc2CCCCC2(CN(C(=O)CCc3cnn(C)c3C)CCO2)C1=O. The number of amides is 2. The van der Waals surface area contributed by atoms with Crippen molar-refractivity contribution >= 4 is 11.8 Å². The predicted molar refractivity (Wildman–Crippen MR) is 143 cm³/mol. The number of nitrogens with zero attached hydrogens (tertiary/aromatic N) is 4. The molecule has 0 radical (unpaired) electrons. The highest BCUT2D eigenvalue weighted by atomic mass is 16.5. The Morgan fingerprint density at radius 3 is 2.78 bits per heavy atom. The molecule has 37 heavy (non-hydrogen) atoms. The molecule has 8 nitrogen and oxygen atoms in total. The molecule has 0 saturated carbocycles. The number of ether oxygens (including phenoxy) is 2. The first-order valence-corrected chi connectivity index (χ1v) is 13.8. The van der Waals surface area contributed by atoms with Gasteiger partial charge >= 0.3 is 0 Å². The van der Waals surface area contributed by atoms with Crippen molar-refractivity contribution in [3.8, 4) is 5.75 Å². The Morgan fingerprint density at radius 2 is 2.00 bits per heavy atom. The van der Waals surface area contributed by atoms with Gasteiger partial charge in [0.1, 0.15) is 12.4 Å². The maximum atomic E-state index is 14.1. The standard InChI is InChI=1S/C29H42N4O4/c1-4-5-16-32-17-19-36-26-12-7-6-10-24(26)11-8-9-15-29(28(32)35)22-33(18-20-37-29)27(34)14-13-25-21-30-31(3)23(25)2/h6-7,10,12,21H,4-5,8-9,11,13-20,22H2,1-3H3. The van der Waals surface area contributed by atoms with Crippen LogP contribution in [-0.2, 0) is 34.2 Å². The first-order chi connectivity index (χ1) is 17.9. The molecule has 1 aromatic heterocycles. The number of aryl methyl sites for hydroxylation is 3. The minimum atomic E-state index is -0.995. The van der Waals surface area contributed by atoms with Crippen LogP contribution in [0.2, 0.25) is 0 Å². The van der Waals surface area contributed by atoms with Gasteiger partial charge in [-0.15, -0.1) is 0 Å². The van der Waals surface area contributed by atoms with Gasteiger partial charge in [0, 0.05) is 32.3 Å². The molecule has 1 atom stereocenters. The van der Waals surface area contributed by atoms with Gasteiger partial charge in [-0.2, -0.15) is 5.10 Å². The number of hydrogen-bond acceptors (Lipinski definition) is 5. The van der Waals surface area contributed by atoms with Crippen molar-refractivity contribution < 1.29 is 19.1 Å². The molecule has 8 heteroatoms. The third-order valence-corrected chi connectivity index (χ3v) is 7.81. The number of benzene rings is 1. The fourth-order valence-electron chi connectivity index (χ4n) is 5.37. The zero-order chi connectivity index (χ0) is 26.3. The van der Waals surface area contributed by atoms with E-state index in [2.05, 4.69) is 18.1 Å². The Kier molecular flexibility index (Phi) is 9.24. The lowest BCUT2D eigenvalue weighted by atomic mass is 9.90. The van der Waals surface area contributed by atoms with Crippen molar-refractivity contribution in [3.05, 3.63) is 47.3 Å².